The summed E-state index contributed by atoms with van der Waals surface area (Å²) in [6.45, 7) is 2.84. The minimum Gasteiger partial charge on any atom is -0.484 e. The third-order valence-electron chi connectivity index (χ3n) is 4.06. The molecule has 5 nitrogen and oxygen atoms in total. The van der Waals surface area contributed by atoms with Crippen molar-refractivity contribution in [2.24, 2.45) is 5.73 Å². The zero-order chi connectivity index (χ0) is 16.7. The summed E-state index contributed by atoms with van der Waals surface area (Å²) < 4.78 is 5.20. The van der Waals surface area contributed by atoms with Gasteiger partial charge in [-0.15, -0.1) is 0 Å². The summed E-state index contributed by atoms with van der Waals surface area (Å²) in [5, 5.41) is 0. The van der Waals surface area contributed by atoms with Gasteiger partial charge in [-0.2, -0.15) is 0 Å². The van der Waals surface area contributed by atoms with E-state index in [9.17, 15) is 9.59 Å². The number of ether oxygens (including phenoxy) is 1. The van der Waals surface area contributed by atoms with Crippen LogP contribution < -0.4 is 10.5 Å². The van der Waals surface area contributed by atoms with Gasteiger partial charge in [0.2, 0.25) is 5.91 Å². The van der Waals surface area contributed by atoms with Crippen molar-refractivity contribution in [3.05, 3.63) is 35.9 Å². The number of carbonyl (C=O) groups is 2. The molecule has 0 saturated carbocycles. The van der Waals surface area contributed by atoms with Gasteiger partial charge in [0.1, 0.15) is 5.75 Å². The molecule has 1 saturated heterocycles. The van der Waals surface area contributed by atoms with Crippen molar-refractivity contribution in [3.8, 4) is 5.75 Å². The van der Waals surface area contributed by atoms with Crippen LogP contribution >= 0.6 is 0 Å². The first kappa shape index (κ1) is 17.1. The highest BCUT2D eigenvalue weighted by Gasteiger charge is 2.23. The first-order chi connectivity index (χ1) is 11.1. The van der Waals surface area contributed by atoms with Crippen LogP contribution in [0.2, 0.25) is 0 Å². The van der Waals surface area contributed by atoms with Gasteiger partial charge in [0.25, 0.3) is 5.91 Å². The largest absolute Gasteiger partial charge is 0.484 e. The second-order valence-corrected chi connectivity index (χ2v) is 5.75. The maximum absolute atomic E-state index is 12.3. The molecule has 0 radical (unpaired) electrons. The van der Waals surface area contributed by atoms with E-state index in [0.29, 0.717) is 11.8 Å². The van der Waals surface area contributed by atoms with Crippen LogP contribution in [0.1, 0.15) is 38.2 Å². The summed E-state index contributed by atoms with van der Waals surface area (Å²) in [5.74, 6) is 0.145. The maximum atomic E-state index is 12.3. The van der Waals surface area contributed by atoms with Crippen LogP contribution in [0.25, 0.3) is 6.08 Å². The van der Waals surface area contributed by atoms with Gasteiger partial charge in [0, 0.05) is 18.7 Å². The summed E-state index contributed by atoms with van der Waals surface area (Å²) in [5.41, 5.74) is 5.94. The highest BCUT2D eigenvalue weighted by molar-refractivity contribution is 5.92. The predicted octanol–water partition coefficient (Wildman–Crippen LogP) is 2.36. The van der Waals surface area contributed by atoms with E-state index in [0.717, 1.165) is 31.4 Å². The molecule has 124 valence electrons. The SMILES string of the molecule is CCC1CCCCN1C(=O)/C=C/c1ccc(OCC(N)=O)cc1. The Kier molecular flexibility index (Phi) is 6.20. The van der Waals surface area contributed by atoms with Crippen molar-refractivity contribution in [1.29, 1.82) is 0 Å². The van der Waals surface area contributed by atoms with Crippen LogP contribution in [0.3, 0.4) is 0 Å². The molecule has 23 heavy (non-hydrogen) atoms. The van der Waals surface area contributed by atoms with Gasteiger partial charge in [-0.3, -0.25) is 9.59 Å². The highest BCUT2D eigenvalue weighted by Crippen LogP contribution is 2.20. The van der Waals surface area contributed by atoms with Crippen LogP contribution in [0, 0.1) is 0 Å². The third kappa shape index (κ3) is 5.13. The molecule has 1 aromatic carbocycles. The van der Waals surface area contributed by atoms with Crippen molar-refractivity contribution < 1.29 is 14.3 Å². The lowest BCUT2D eigenvalue weighted by molar-refractivity contribution is -0.129. The van der Waals surface area contributed by atoms with Crippen molar-refractivity contribution in [2.75, 3.05) is 13.2 Å². The van der Waals surface area contributed by atoms with Crippen LogP contribution in [0.15, 0.2) is 30.3 Å². The smallest absolute Gasteiger partial charge is 0.255 e. The minimum absolute atomic E-state index is 0.0746. The van der Waals surface area contributed by atoms with E-state index in [1.807, 2.05) is 23.1 Å². The number of piperidine rings is 1. The second kappa shape index (κ2) is 8.36. The Morgan fingerprint density at radius 2 is 2.04 bits per heavy atom. The number of amides is 2. The fraction of sp³-hybridized carbons (Fsp3) is 0.444. The summed E-state index contributed by atoms with van der Waals surface area (Å²) >= 11 is 0. The number of likely N-dealkylation sites (tertiary alicyclic amines) is 1. The lowest BCUT2D eigenvalue weighted by Crippen LogP contribution is -2.42. The Hall–Kier alpha value is -2.30. The van der Waals surface area contributed by atoms with Gasteiger partial charge in [-0.25, -0.2) is 0 Å². The van der Waals surface area contributed by atoms with Crippen molar-refractivity contribution in [1.82, 2.24) is 4.90 Å². The lowest BCUT2D eigenvalue weighted by atomic mass is 10.00. The average molecular weight is 316 g/mol. The van der Waals surface area contributed by atoms with E-state index < -0.39 is 5.91 Å². The molecule has 0 aliphatic carbocycles. The number of nitrogens with two attached hydrogens (primary N) is 1. The van der Waals surface area contributed by atoms with Gasteiger partial charge in [-0.1, -0.05) is 19.1 Å². The zero-order valence-corrected chi connectivity index (χ0v) is 13.5. The Morgan fingerprint density at radius 1 is 1.30 bits per heavy atom. The van der Waals surface area contributed by atoms with Gasteiger partial charge >= 0.3 is 0 Å². The van der Waals surface area contributed by atoms with Gasteiger partial charge in [0.05, 0.1) is 0 Å². The molecule has 1 heterocycles. The molecule has 0 aromatic heterocycles. The molecule has 1 fully saturated rings. The normalized spacial score (nSPS) is 18.1. The number of hydrogen-bond donors (Lipinski definition) is 1. The minimum atomic E-state index is -0.508. The standard InChI is InChI=1S/C18H24N2O3/c1-2-15-5-3-4-12-20(15)18(22)11-8-14-6-9-16(10-7-14)23-13-17(19)21/h6-11,15H,2-5,12-13H2,1H3,(H2,19,21)/b11-8+. The van der Waals surface area contributed by atoms with Crippen molar-refractivity contribution in [3.63, 3.8) is 0 Å². The molecule has 2 N–H and O–H groups in total. The fourth-order valence-corrected chi connectivity index (χ4v) is 2.81. The van der Waals surface area contributed by atoms with E-state index in [1.54, 1.807) is 18.2 Å². The summed E-state index contributed by atoms with van der Waals surface area (Å²) in [6.07, 6.45) is 7.84. The summed E-state index contributed by atoms with van der Waals surface area (Å²) in [4.78, 5) is 25.0. The molecule has 1 aromatic rings. The molecule has 0 bridgehead atoms. The first-order valence-corrected chi connectivity index (χ1v) is 8.10. The molecule has 1 unspecified atom stereocenters. The number of carbonyl (C=O) groups excluding carboxylic acids is 2. The van der Waals surface area contributed by atoms with Gasteiger partial charge in [-0.05, 0) is 49.5 Å². The summed E-state index contributed by atoms with van der Waals surface area (Å²) in [6, 6.07) is 7.55. The number of nitrogens with zero attached hydrogens (tertiary/aromatic N) is 1. The molecule has 1 atom stereocenters. The average Bonchev–Trinajstić information content (AvgIpc) is 2.58. The van der Waals surface area contributed by atoms with E-state index in [-0.39, 0.29) is 12.5 Å². The van der Waals surface area contributed by atoms with E-state index in [4.69, 9.17) is 10.5 Å². The molecular formula is C18H24N2O3. The monoisotopic (exact) mass is 316 g/mol. The second-order valence-electron chi connectivity index (χ2n) is 5.75. The zero-order valence-electron chi connectivity index (χ0n) is 13.5. The number of benzene rings is 1. The van der Waals surface area contributed by atoms with Crippen LogP contribution in [-0.2, 0) is 9.59 Å². The summed E-state index contributed by atoms with van der Waals surface area (Å²) in [7, 11) is 0. The Bertz CT molecular complexity index is 566. The first-order valence-electron chi connectivity index (χ1n) is 8.10. The maximum Gasteiger partial charge on any atom is 0.255 e. The Morgan fingerprint density at radius 3 is 2.70 bits per heavy atom. The van der Waals surface area contributed by atoms with E-state index in [2.05, 4.69) is 6.92 Å². The quantitative estimate of drug-likeness (QED) is 0.819. The number of hydrogen-bond acceptors (Lipinski definition) is 3. The highest BCUT2D eigenvalue weighted by atomic mass is 16.5. The van der Waals surface area contributed by atoms with E-state index >= 15 is 0 Å². The molecule has 0 spiro atoms. The molecule has 1 aliphatic rings. The topological polar surface area (TPSA) is 72.6 Å². The predicted molar refractivity (Wildman–Crippen MR) is 89.8 cm³/mol. The molecule has 2 amide bonds. The fourth-order valence-electron chi connectivity index (χ4n) is 2.81. The van der Waals surface area contributed by atoms with Gasteiger partial charge < -0.3 is 15.4 Å². The Labute approximate surface area is 137 Å². The van der Waals surface area contributed by atoms with Crippen LogP contribution in [0.4, 0.5) is 0 Å². The molecular weight excluding hydrogens is 292 g/mol. The Balaban J connectivity index is 1.93. The van der Waals surface area contributed by atoms with Crippen molar-refractivity contribution >= 4 is 17.9 Å². The number of primary amides is 1. The van der Waals surface area contributed by atoms with Crippen LogP contribution in [0.5, 0.6) is 5.75 Å². The van der Waals surface area contributed by atoms with Crippen LogP contribution in [-0.4, -0.2) is 35.9 Å². The molecule has 5 heteroatoms. The van der Waals surface area contributed by atoms with Crippen molar-refractivity contribution in [2.45, 2.75) is 38.6 Å². The van der Waals surface area contributed by atoms with E-state index in [1.165, 1.54) is 6.42 Å². The number of rotatable bonds is 6. The molecule has 1 aliphatic heterocycles. The third-order valence-corrected chi connectivity index (χ3v) is 4.06. The molecule has 2 rings (SSSR count). The van der Waals surface area contributed by atoms with Gasteiger partial charge in [0.15, 0.2) is 6.61 Å². The lowest BCUT2D eigenvalue weighted by Gasteiger charge is -2.34.